The summed E-state index contributed by atoms with van der Waals surface area (Å²) in [5.41, 5.74) is 0.595. The van der Waals surface area contributed by atoms with Crippen LogP contribution < -0.4 is 75.8 Å². The second-order valence-corrected chi connectivity index (χ2v) is 33.6. The molecule has 800 valence electrons. The van der Waals surface area contributed by atoms with Gasteiger partial charge >= 0.3 is 47.8 Å². The summed E-state index contributed by atoms with van der Waals surface area (Å²) in [4.78, 5) is 118. The van der Waals surface area contributed by atoms with Crippen LogP contribution in [0.3, 0.4) is 0 Å². The molecule has 0 saturated heterocycles. The van der Waals surface area contributed by atoms with Crippen LogP contribution in [-0.2, 0) is 114 Å². The lowest BCUT2D eigenvalue weighted by Crippen LogP contribution is -2.20. The van der Waals surface area contributed by atoms with Crippen molar-refractivity contribution < 1.29 is 190 Å². The van der Waals surface area contributed by atoms with Crippen LogP contribution in [-0.4, -0.2) is 312 Å². The largest absolute Gasteiger partial charge is 0.487 e. The zero-order valence-corrected chi connectivity index (χ0v) is 84.5. The fourth-order valence-corrected chi connectivity index (χ4v) is 16.7. The molecule has 0 radical (unpaired) electrons. The van der Waals surface area contributed by atoms with E-state index < -0.39 is 71.4 Å². The fraction of sp³-hybridized carbons (Fsp3) is 0.481. The number of esters is 8. The van der Waals surface area contributed by atoms with Crippen molar-refractivity contribution in [2.45, 2.75) is 79.1 Å². The molecule has 0 amide bonds. The zero-order valence-electron chi connectivity index (χ0n) is 84.5. The van der Waals surface area contributed by atoms with Gasteiger partial charge in [0.05, 0.1) is 211 Å². The highest BCUT2D eigenvalue weighted by Gasteiger charge is 2.41. The van der Waals surface area contributed by atoms with Crippen molar-refractivity contribution in [2.24, 2.45) is 0 Å². The first-order valence-corrected chi connectivity index (χ1v) is 49.1. The van der Waals surface area contributed by atoms with Gasteiger partial charge in [-0.2, -0.15) is 0 Å². The van der Waals surface area contributed by atoms with E-state index in [1.807, 2.05) is 0 Å². The number of carbonyl (C=O) groups excluding carboxylic acids is 8. The molecule has 8 aromatic carbocycles. The van der Waals surface area contributed by atoms with Crippen LogP contribution in [0.15, 0.2) is 121 Å². The maximum atomic E-state index is 14.7. The molecule has 0 fully saturated rings. The average molecular weight is 2070 g/mol. The van der Waals surface area contributed by atoms with E-state index in [2.05, 4.69) is 0 Å². The SMILES string of the molecule is CC(=O)Oc1cc(OC(C)=O)c2cc1C(c1ccc3c(c1)OCCOCCOCCOCCOCCO3)c1cc(c(OC(C)=O)cc1OC(C)=O)C(c1ccc3c(c1)OCCOCCOCCOCCOCCO3)c1cc(c(OC(C)=O)cc1OC(C)=O)C(c1ccc3c(c1)OCCOCCOCCOCCOCCO3)c1cc(c(OC(C)=O)cc1OC(C)=O)C2c1ccc2c(c1)OCCOCCOCCOCCOCCO2. The van der Waals surface area contributed by atoms with Crippen LogP contribution in [0.2, 0.25) is 0 Å². The molecule has 0 unspecified atom stereocenters. The Bertz CT molecular complexity index is 4860. The predicted molar refractivity (Wildman–Crippen MR) is 523 cm³/mol. The van der Waals surface area contributed by atoms with Gasteiger partial charge in [0.1, 0.15) is 98.9 Å². The van der Waals surface area contributed by atoms with Crippen molar-refractivity contribution in [1.82, 2.24) is 0 Å². The van der Waals surface area contributed by atoms with Crippen LogP contribution in [0.1, 0.15) is 146 Å². The highest BCUT2D eigenvalue weighted by atomic mass is 16.6. The quantitative estimate of drug-likeness (QED) is 0.0809. The fourth-order valence-electron chi connectivity index (χ4n) is 16.7. The molecule has 40 nitrogen and oxygen atoms in total. The first kappa shape index (κ1) is 112. The highest BCUT2D eigenvalue weighted by molar-refractivity contribution is 5.81. The summed E-state index contributed by atoms with van der Waals surface area (Å²) >= 11 is 0. The van der Waals surface area contributed by atoms with Crippen molar-refractivity contribution in [3.63, 3.8) is 0 Å². The maximum Gasteiger partial charge on any atom is 0.308 e. The maximum absolute atomic E-state index is 14.7. The van der Waals surface area contributed by atoms with E-state index in [0.717, 1.165) is 55.4 Å². The minimum Gasteiger partial charge on any atom is -0.487 e. The minimum atomic E-state index is -1.60. The number of hydrogen-bond acceptors (Lipinski definition) is 40. The Balaban J connectivity index is 1.24. The van der Waals surface area contributed by atoms with Gasteiger partial charge < -0.3 is 152 Å². The monoisotopic (exact) mass is 2060 g/mol. The Hall–Kier alpha value is -12.7. The van der Waals surface area contributed by atoms with Crippen molar-refractivity contribution >= 4 is 47.8 Å². The number of benzene rings is 8. The van der Waals surface area contributed by atoms with Crippen LogP contribution in [0.4, 0.5) is 0 Å². The highest BCUT2D eigenvalue weighted by Crippen LogP contribution is 2.57. The smallest absolute Gasteiger partial charge is 0.308 e. The van der Waals surface area contributed by atoms with E-state index in [4.69, 9.17) is 152 Å². The molecule has 1 aliphatic carbocycles. The van der Waals surface area contributed by atoms with Gasteiger partial charge in [-0.05, 0) is 95.1 Å². The van der Waals surface area contributed by atoms with Crippen LogP contribution >= 0.6 is 0 Å². The number of hydrogen-bond donors (Lipinski definition) is 0. The van der Waals surface area contributed by atoms with Gasteiger partial charge in [0, 0.05) is 148 Å². The number of ether oxygens (including phenoxy) is 32. The lowest BCUT2D eigenvalue weighted by atomic mass is 9.75. The molecule has 4 aliphatic heterocycles. The Morgan fingerprint density at radius 3 is 0.392 bits per heavy atom. The van der Waals surface area contributed by atoms with Crippen LogP contribution in [0, 0.1) is 0 Å². The Morgan fingerprint density at radius 2 is 0.270 bits per heavy atom. The summed E-state index contributed by atoms with van der Waals surface area (Å²) in [7, 11) is 0. The molecule has 0 atom stereocenters. The van der Waals surface area contributed by atoms with E-state index in [9.17, 15) is 38.4 Å². The van der Waals surface area contributed by atoms with Gasteiger partial charge in [-0.3, -0.25) is 38.4 Å². The summed E-state index contributed by atoms with van der Waals surface area (Å²) in [6, 6.07) is 31.3. The molecule has 0 N–H and O–H groups in total. The molecule has 148 heavy (non-hydrogen) atoms. The Morgan fingerprint density at radius 1 is 0.155 bits per heavy atom. The third-order valence-electron chi connectivity index (χ3n) is 22.6. The van der Waals surface area contributed by atoms with Gasteiger partial charge in [-0.25, -0.2) is 0 Å². The van der Waals surface area contributed by atoms with E-state index in [0.29, 0.717) is 26.4 Å². The zero-order chi connectivity index (χ0) is 104. The van der Waals surface area contributed by atoms with Crippen molar-refractivity contribution in [1.29, 1.82) is 0 Å². The van der Waals surface area contributed by atoms with E-state index in [-0.39, 0.29) is 397 Å². The molecular formula is C108H128O40. The molecule has 0 aromatic heterocycles. The molecule has 13 rings (SSSR count). The van der Waals surface area contributed by atoms with E-state index in [1.165, 1.54) is 24.3 Å². The molecule has 8 bridgehead atoms. The van der Waals surface area contributed by atoms with Gasteiger partial charge in [-0.15, -0.1) is 0 Å². The minimum absolute atomic E-state index is 0.00364. The van der Waals surface area contributed by atoms with Gasteiger partial charge in [-0.1, -0.05) is 24.3 Å². The van der Waals surface area contributed by atoms with Gasteiger partial charge in [0.15, 0.2) is 46.0 Å². The summed E-state index contributed by atoms with van der Waals surface area (Å²) < 4.78 is 201. The second kappa shape index (κ2) is 60.1. The lowest BCUT2D eigenvalue weighted by molar-refractivity contribution is -0.133. The average Bonchev–Trinajstić information content (AvgIpc) is 0.725. The first-order chi connectivity index (χ1) is 72.1. The topological polar surface area (TPSA) is 432 Å². The van der Waals surface area contributed by atoms with Crippen LogP contribution in [0.25, 0.3) is 0 Å². The second-order valence-electron chi connectivity index (χ2n) is 33.6. The van der Waals surface area contributed by atoms with Crippen molar-refractivity contribution in [3.05, 3.63) is 188 Å². The van der Waals surface area contributed by atoms with Crippen molar-refractivity contribution in [2.75, 3.05) is 264 Å². The molecule has 40 heteroatoms. The Kier molecular flexibility index (Phi) is 45.6. The van der Waals surface area contributed by atoms with Gasteiger partial charge in [0.25, 0.3) is 0 Å². The molecule has 4 heterocycles. The third kappa shape index (κ3) is 34.7. The molecule has 0 spiro atoms. The molecular weight excluding hydrogens is 1940 g/mol. The van der Waals surface area contributed by atoms with Crippen LogP contribution in [0.5, 0.6) is 92.0 Å². The Labute approximate surface area is 857 Å². The number of rotatable bonds is 12. The normalized spacial score (nSPS) is 19.0. The standard InChI is InChI=1S/C108H128O40/c1-69(109)141-93-65-94(142-70(2)110)82-61-81(93)105(77-9-13-89-101(57-77)137-53-45-129-37-29-121-21-17-117-25-33-125-41-49-133-89)83-62-84(96(144-72(4)112)66-95(83)143-71(3)111)107(79-11-15-91-103(59-79)139-55-47-131-39-31-123-23-19-119-27-35-127-43-51-135-91)87-64-88(100(148-76(8)116)68-99(87)147-75(7)115)108(80-12-16-92-104(60-80)140-56-48-132-40-32-124-24-20-120-28-36-128-44-52-136-92)86-63-85(97(145-73(5)113)67-98(86)146-74(6)114)106(82)78-10-14-90-102(58-78)138-54-46-130-38-30-122-22-18-118-26-34-126-42-50-134-90/h9-16,57-68,105-108H,17-56H2,1-8H3. The molecule has 0 saturated carbocycles. The summed E-state index contributed by atoms with van der Waals surface area (Å²) in [6.45, 7) is 14.5. The van der Waals surface area contributed by atoms with E-state index >= 15 is 0 Å². The van der Waals surface area contributed by atoms with Crippen molar-refractivity contribution in [3.8, 4) is 92.0 Å². The first-order valence-electron chi connectivity index (χ1n) is 49.1. The molecule has 5 aliphatic rings. The third-order valence-corrected chi connectivity index (χ3v) is 22.6. The number of fused-ring (bicyclic) bond motifs is 12. The summed E-state index contributed by atoms with van der Waals surface area (Å²) in [5.74, 6) is -15.4. The number of carbonyl (C=O) groups is 8. The van der Waals surface area contributed by atoms with Gasteiger partial charge in [0.2, 0.25) is 0 Å². The summed E-state index contributed by atoms with van der Waals surface area (Å²) in [6.07, 6.45) is 0. The lowest BCUT2D eigenvalue weighted by Gasteiger charge is -2.32. The predicted octanol–water partition coefficient (Wildman–Crippen LogP) is 11.5. The van der Waals surface area contributed by atoms with E-state index in [1.54, 1.807) is 97.1 Å². The summed E-state index contributed by atoms with van der Waals surface area (Å²) in [5, 5.41) is 0. The molecule has 8 aromatic rings.